The molecule has 0 heterocycles. The summed E-state index contributed by atoms with van der Waals surface area (Å²) in [4.78, 5) is 0. The molecule has 2 N–H and O–H groups in total. The van der Waals surface area contributed by atoms with Crippen molar-refractivity contribution in [2.75, 3.05) is 0 Å². The van der Waals surface area contributed by atoms with Crippen LogP contribution in [0.5, 0.6) is 0 Å². The van der Waals surface area contributed by atoms with Gasteiger partial charge in [-0.15, -0.1) is 0 Å². The number of benzene rings is 1. The van der Waals surface area contributed by atoms with Gasteiger partial charge in [0.1, 0.15) is 0 Å². The Morgan fingerprint density at radius 2 is 1.20 bits per heavy atom. The van der Waals surface area contributed by atoms with Crippen molar-refractivity contribution in [3.05, 3.63) is 33.4 Å². The highest BCUT2D eigenvalue weighted by Gasteiger charge is 2.14. The molecule has 0 saturated carbocycles. The lowest BCUT2D eigenvalue weighted by Crippen LogP contribution is -2.07. The zero-order valence-electron chi connectivity index (χ0n) is 10.0. The van der Waals surface area contributed by atoms with E-state index < -0.39 is 0 Å². The maximum absolute atomic E-state index is 9.39. The summed E-state index contributed by atoms with van der Waals surface area (Å²) >= 11 is 0. The molecule has 2 heteroatoms. The van der Waals surface area contributed by atoms with Crippen LogP contribution in [-0.2, 0) is 19.6 Å². The molecule has 0 fully saturated rings. The lowest BCUT2D eigenvalue weighted by atomic mass is 9.87. The molecule has 0 aliphatic rings. The van der Waals surface area contributed by atoms with Crippen molar-refractivity contribution < 1.29 is 10.2 Å². The molecule has 0 radical (unpaired) electrons. The van der Waals surface area contributed by atoms with E-state index in [4.69, 9.17) is 0 Å². The predicted octanol–water partition coefficient (Wildman–Crippen LogP) is 2.16. The van der Waals surface area contributed by atoms with E-state index in [0.29, 0.717) is 0 Å². The molecule has 1 aromatic rings. The van der Waals surface area contributed by atoms with Crippen LogP contribution in [0.25, 0.3) is 0 Å². The van der Waals surface area contributed by atoms with Gasteiger partial charge >= 0.3 is 0 Å². The van der Waals surface area contributed by atoms with E-state index in [1.807, 2.05) is 6.92 Å². The van der Waals surface area contributed by atoms with Crippen LogP contribution in [0.3, 0.4) is 0 Å². The van der Waals surface area contributed by atoms with Crippen molar-refractivity contribution in [3.8, 4) is 0 Å². The summed E-state index contributed by atoms with van der Waals surface area (Å²) in [6, 6.07) is 0. The summed E-state index contributed by atoms with van der Waals surface area (Å²) in [5, 5.41) is 18.7. The molecule has 0 aromatic heterocycles. The van der Waals surface area contributed by atoms with Crippen LogP contribution in [-0.4, -0.2) is 10.2 Å². The standard InChI is InChI=1S/C13H20O2/c1-5-11-9(3)8(2)10(4)12(6-14)13(11)7-15/h14-15H,5-7H2,1-4H3. The molecule has 1 aromatic carbocycles. The van der Waals surface area contributed by atoms with Gasteiger partial charge in [0.25, 0.3) is 0 Å². The number of hydrogen-bond acceptors (Lipinski definition) is 2. The third-order valence-electron chi connectivity index (χ3n) is 3.43. The van der Waals surface area contributed by atoms with Crippen LogP contribution >= 0.6 is 0 Å². The van der Waals surface area contributed by atoms with Crippen molar-refractivity contribution in [2.45, 2.75) is 47.3 Å². The first-order chi connectivity index (χ1) is 7.08. The van der Waals surface area contributed by atoms with Gasteiger partial charge < -0.3 is 10.2 Å². The second-order valence-electron chi connectivity index (χ2n) is 3.98. The first-order valence-electron chi connectivity index (χ1n) is 5.40. The third kappa shape index (κ3) is 1.92. The summed E-state index contributed by atoms with van der Waals surface area (Å²) in [6.45, 7) is 8.27. The minimum Gasteiger partial charge on any atom is -0.392 e. The monoisotopic (exact) mass is 208 g/mol. The zero-order valence-corrected chi connectivity index (χ0v) is 10.0. The van der Waals surface area contributed by atoms with E-state index in [0.717, 1.165) is 23.1 Å². The fourth-order valence-corrected chi connectivity index (χ4v) is 2.25. The van der Waals surface area contributed by atoms with E-state index in [9.17, 15) is 10.2 Å². The molecule has 0 aliphatic heterocycles. The van der Waals surface area contributed by atoms with Crippen molar-refractivity contribution in [2.24, 2.45) is 0 Å². The van der Waals surface area contributed by atoms with Crippen molar-refractivity contribution in [3.63, 3.8) is 0 Å². The molecule has 0 spiro atoms. The Labute approximate surface area is 91.6 Å². The second kappa shape index (κ2) is 4.77. The van der Waals surface area contributed by atoms with Gasteiger partial charge in [-0.1, -0.05) is 6.92 Å². The Morgan fingerprint density at radius 3 is 1.60 bits per heavy atom. The zero-order chi connectivity index (χ0) is 11.6. The average molecular weight is 208 g/mol. The van der Waals surface area contributed by atoms with Gasteiger partial charge in [-0.3, -0.25) is 0 Å². The maximum atomic E-state index is 9.39. The van der Waals surface area contributed by atoms with Crippen LogP contribution in [0.2, 0.25) is 0 Å². The Balaban J connectivity index is 3.59. The first kappa shape index (κ1) is 12.2. The molecule has 84 valence electrons. The minimum atomic E-state index is 0.00977. The number of rotatable bonds is 3. The van der Waals surface area contributed by atoms with Crippen LogP contribution in [0.4, 0.5) is 0 Å². The van der Waals surface area contributed by atoms with E-state index in [-0.39, 0.29) is 13.2 Å². The highest BCUT2D eigenvalue weighted by molar-refractivity contribution is 5.50. The van der Waals surface area contributed by atoms with Gasteiger partial charge in [0.15, 0.2) is 0 Å². The summed E-state index contributed by atoms with van der Waals surface area (Å²) in [5.41, 5.74) is 6.59. The van der Waals surface area contributed by atoms with Crippen LogP contribution < -0.4 is 0 Å². The lowest BCUT2D eigenvalue weighted by Gasteiger charge is -2.19. The molecule has 2 nitrogen and oxygen atoms in total. The topological polar surface area (TPSA) is 40.5 Å². The fourth-order valence-electron chi connectivity index (χ4n) is 2.25. The molecular weight excluding hydrogens is 188 g/mol. The van der Waals surface area contributed by atoms with Crippen LogP contribution in [0.15, 0.2) is 0 Å². The molecular formula is C13H20O2. The van der Waals surface area contributed by atoms with E-state index in [1.54, 1.807) is 0 Å². The van der Waals surface area contributed by atoms with Crippen molar-refractivity contribution >= 4 is 0 Å². The summed E-state index contributed by atoms with van der Waals surface area (Å²) in [5.74, 6) is 0. The predicted molar refractivity (Wildman–Crippen MR) is 61.9 cm³/mol. The Bertz CT molecular complexity index is 336. The first-order valence-corrected chi connectivity index (χ1v) is 5.40. The summed E-state index contributed by atoms with van der Waals surface area (Å²) in [7, 11) is 0. The highest BCUT2D eigenvalue weighted by Crippen LogP contribution is 2.27. The summed E-state index contributed by atoms with van der Waals surface area (Å²) < 4.78 is 0. The van der Waals surface area contributed by atoms with Gasteiger partial charge in [-0.25, -0.2) is 0 Å². The smallest absolute Gasteiger partial charge is 0.0688 e. The molecule has 0 atom stereocenters. The Hall–Kier alpha value is -0.860. The number of aliphatic hydroxyl groups is 2. The molecule has 0 bridgehead atoms. The Kier molecular flexibility index (Phi) is 3.89. The molecule has 0 aliphatic carbocycles. The minimum absolute atomic E-state index is 0.00977. The van der Waals surface area contributed by atoms with Crippen LogP contribution in [0, 0.1) is 20.8 Å². The maximum Gasteiger partial charge on any atom is 0.0688 e. The van der Waals surface area contributed by atoms with Gasteiger partial charge in [-0.05, 0) is 60.6 Å². The number of hydrogen-bond donors (Lipinski definition) is 2. The van der Waals surface area contributed by atoms with Crippen molar-refractivity contribution in [1.29, 1.82) is 0 Å². The lowest BCUT2D eigenvalue weighted by molar-refractivity contribution is 0.258. The Morgan fingerprint density at radius 1 is 0.733 bits per heavy atom. The average Bonchev–Trinajstić information content (AvgIpc) is 2.25. The molecule has 0 unspecified atom stereocenters. The van der Waals surface area contributed by atoms with E-state index in [1.165, 1.54) is 16.7 Å². The molecule has 15 heavy (non-hydrogen) atoms. The SMILES string of the molecule is CCc1c(C)c(C)c(C)c(CO)c1CO. The second-order valence-corrected chi connectivity index (χ2v) is 3.98. The highest BCUT2D eigenvalue weighted by atomic mass is 16.3. The molecule has 1 rings (SSSR count). The quantitative estimate of drug-likeness (QED) is 0.799. The van der Waals surface area contributed by atoms with Gasteiger partial charge in [0, 0.05) is 0 Å². The summed E-state index contributed by atoms with van der Waals surface area (Å²) in [6.07, 6.45) is 0.899. The van der Waals surface area contributed by atoms with E-state index >= 15 is 0 Å². The fraction of sp³-hybridized carbons (Fsp3) is 0.538. The van der Waals surface area contributed by atoms with Crippen LogP contribution in [0.1, 0.15) is 40.3 Å². The largest absolute Gasteiger partial charge is 0.392 e. The van der Waals surface area contributed by atoms with Gasteiger partial charge in [0.05, 0.1) is 13.2 Å². The number of aliphatic hydroxyl groups excluding tert-OH is 2. The molecule has 0 amide bonds. The van der Waals surface area contributed by atoms with Crippen molar-refractivity contribution in [1.82, 2.24) is 0 Å². The molecule has 0 saturated heterocycles. The van der Waals surface area contributed by atoms with Gasteiger partial charge in [0.2, 0.25) is 0 Å². The normalized spacial score (nSPS) is 10.8. The van der Waals surface area contributed by atoms with E-state index in [2.05, 4.69) is 20.8 Å². The third-order valence-corrected chi connectivity index (χ3v) is 3.43. The van der Waals surface area contributed by atoms with Gasteiger partial charge in [-0.2, -0.15) is 0 Å².